The molecule has 0 atom stereocenters. The predicted molar refractivity (Wildman–Crippen MR) is 119 cm³/mol. The Morgan fingerprint density at radius 2 is 1.86 bits per heavy atom. The van der Waals surface area contributed by atoms with E-state index in [1.165, 1.54) is 5.56 Å². The summed E-state index contributed by atoms with van der Waals surface area (Å²) in [6.45, 7) is 9.07. The number of nitrogens with one attached hydrogen (secondary N) is 1. The van der Waals surface area contributed by atoms with Crippen molar-refractivity contribution in [2.45, 2.75) is 33.1 Å². The number of aromatic amines is 1. The molecular formula is C22H26N4O2S. The standard InChI is InChI=1S/C22H26N4O2S/c1-6-28-18-12-7-15(13-19(18)27-5)14-23-26-20(24-25-21(26)29)16-8-10-17(11-9-16)22(2,3)4/h7-14H,6H2,1-5H3,(H,25,29). The van der Waals surface area contributed by atoms with E-state index < -0.39 is 0 Å². The molecule has 3 aromatic rings. The average molecular weight is 411 g/mol. The van der Waals surface area contributed by atoms with Crippen LogP contribution in [-0.4, -0.2) is 34.8 Å². The van der Waals surface area contributed by atoms with Crippen molar-refractivity contribution in [3.8, 4) is 22.9 Å². The molecule has 0 radical (unpaired) electrons. The molecule has 0 aliphatic carbocycles. The molecule has 0 fully saturated rings. The first kappa shape index (κ1) is 20.8. The summed E-state index contributed by atoms with van der Waals surface area (Å²) in [4.78, 5) is 0. The second-order valence-electron chi connectivity index (χ2n) is 7.58. The Bertz CT molecular complexity index is 1060. The van der Waals surface area contributed by atoms with Crippen LogP contribution in [0.3, 0.4) is 0 Å². The summed E-state index contributed by atoms with van der Waals surface area (Å²) in [6.07, 6.45) is 1.72. The Morgan fingerprint density at radius 1 is 1.14 bits per heavy atom. The van der Waals surface area contributed by atoms with Gasteiger partial charge in [0.1, 0.15) is 0 Å². The monoisotopic (exact) mass is 410 g/mol. The van der Waals surface area contributed by atoms with Crippen LogP contribution in [0.2, 0.25) is 0 Å². The Labute approximate surface area is 176 Å². The van der Waals surface area contributed by atoms with E-state index >= 15 is 0 Å². The summed E-state index contributed by atoms with van der Waals surface area (Å²) >= 11 is 5.36. The molecule has 1 N–H and O–H groups in total. The minimum absolute atomic E-state index is 0.0914. The number of H-pyrrole nitrogens is 1. The second-order valence-corrected chi connectivity index (χ2v) is 7.97. The van der Waals surface area contributed by atoms with Crippen LogP contribution < -0.4 is 9.47 Å². The summed E-state index contributed by atoms with van der Waals surface area (Å²) in [5, 5.41) is 11.7. The zero-order chi connectivity index (χ0) is 21.0. The van der Waals surface area contributed by atoms with Gasteiger partial charge in [0.05, 0.1) is 19.9 Å². The van der Waals surface area contributed by atoms with E-state index in [4.69, 9.17) is 21.7 Å². The van der Waals surface area contributed by atoms with E-state index in [1.807, 2.05) is 37.3 Å². The Hall–Kier alpha value is -2.93. The Balaban J connectivity index is 1.91. The second kappa shape index (κ2) is 8.61. The van der Waals surface area contributed by atoms with E-state index in [0.717, 1.165) is 11.1 Å². The molecule has 2 aromatic carbocycles. The van der Waals surface area contributed by atoms with Crippen molar-refractivity contribution in [1.82, 2.24) is 14.9 Å². The summed E-state index contributed by atoms with van der Waals surface area (Å²) in [6, 6.07) is 13.9. The van der Waals surface area contributed by atoms with Gasteiger partial charge < -0.3 is 9.47 Å². The van der Waals surface area contributed by atoms with Crippen LogP contribution >= 0.6 is 12.2 Å². The first-order chi connectivity index (χ1) is 13.8. The minimum Gasteiger partial charge on any atom is -0.493 e. The highest BCUT2D eigenvalue weighted by molar-refractivity contribution is 7.71. The highest BCUT2D eigenvalue weighted by Gasteiger charge is 2.15. The highest BCUT2D eigenvalue weighted by Crippen LogP contribution is 2.28. The van der Waals surface area contributed by atoms with E-state index in [1.54, 1.807) is 18.0 Å². The molecule has 0 aliphatic rings. The number of hydrogen-bond donors (Lipinski definition) is 1. The third-order valence-corrected chi connectivity index (χ3v) is 4.73. The number of rotatable bonds is 6. The normalized spacial score (nSPS) is 11.8. The molecule has 0 saturated heterocycles. The van der Waals surface area contributed by atoms with Gasteiger partial charge in [0.25, 0.3) is 0 Å². The maximum Gasteiger partial charge on any atom is 0.216 e. The molecule has 152 valence electrons. The van der Waals surface area contributed by atoms with E-state index in [-0.39, 0.29) is 5.41 Å². The molecule has 0 saturated carbocycles. The summed E-state index contributed by atoms with van der Waals surface area (Å²) in [5.41, 5.74) is 3.15. The fraction of sp³-hybridized carbons (Fsp3) is 0.318. The van der Waals surface area contributed by atoms with Crippen LogP contribution in [0.25, 0.3) is 11.4 Å². The van der Waals surface area contributed by atoms with Gasteiger partial charge in [-0.2, -0.15) is 14.9 Å². The van der Waals surface area contributed by atoms with Crippen molar-refractivity contribution >= 4 is 18.4 Å². The largest absolute Gasteiger partial charge is 0.493 e. The molecule has 0 unspecified atom stereocenters. The molecule has 1 heterocycles. The Kier molecular flexibility index (Phi) is 6.17. The van der Waals surface area contributed by atoms with Crippen molar-refractivity contribution in [3.63, 3.8) is 0 Å². The van der Waals surface area contributed by atoms with Gasteiger partial charge in [-0.05, 0) is 53.9 Å². The van der Waals surface area contributed by atoms with Gasteiger partial charge in [-0.1, -0.05) is 45.0 Å². The summed E-state index contributed by atoms with van der Waals surface area (Å²) < 4.78 is 13.0. The molecule has 3 rings (SSSR count). The lowest BCUT2D eigenvalue weighted by Crippen LogP contribution is -2.10. The number of ether oxygens (including phenoxy) is 2. The first-order valence-electron chi connectivity index (χ1n) is 9.47. The van der Waals surface area contributed by atoms with Gasteiger partial charge in [0, 0.05) is 5.56 Å². The molecule has 0 spiro atoms. The van der Waals surface area contributed by atoms with Crippen molar-refractivity contribution in [3.05, 3.63) is 58.4 Å². The predicted octanol–water partition coefficient (Wildman–Crippen LogP) is 5.19. The third-order valence-electron chi connectivity index (χ3n) is 4.47. The molecule has 0 bridgehead atoms. The zero-order valence-electron chi connectivity index (χ0n) is 17.4. The molecule has 29 heavy (non-hydrogen) atoms. The van der Waals surface area contributed by atoms with Gasteiger partial charge in [0.2, 0.25) is 4.77 Å². The fourth-order valence-corrected chi connectivity index (χ4v) is 3.05. The smallest absolute Gasteiger partial charge is 0.216 e. The number of hydrogen-bond acceptors (Lipinski definition) is 5. The van der Waals surface area contributed by atoms with Crippen LogP contribution in [0.5, 0.6) is 11.5 Å². The van der Waals surface area contributed by atoms with Crippen molar-refractivity contribution in [1.29, 1.82) is 0 Å². The summed E-state index contributed by atoms with van der Waals surface area (Å²) in [7, 11) is 1.62. The van der Waals surface area contributed by atoms with Crippen molar-refractivity contribution < 1.29 is 9.47 Å². The topological polar surface area (TPSA) is 64.4 Å². The van der Waals surface area contributed by atoms with Gasteiger partial charge in [-0.25, -0.2) is 5.10 Å². The number of nitrogens with zero attached hydrogens (tertiary/aromatic N) is 3. The SMILES string of the molecule is CCOc1ccc(C=Nn2c(-c3ccc(C(C)(C)C)cc3)n[nH]c2=S)cc1OC. The van der Waals surface area contributed by atoms with Gasteiger partial charge >= 0.3 is 0 Å². The number of benzene rings is 2. The lowest BCUT2D eigenvalue weighted by Gasteiger charge is -2.18. The van der Waals surface area contributed by atoms with Gasteiger partial charge in [0.15, 0.2) is 17.3 Å². The van der Waals surface area contributed by atoms with Crippen molar-refractivity contribution in [2.75, 3.05) is 13.7 Å². The lowest BCUT2D eigenvalue weighted by atomic mass is 9.87. The average Bonchev–Trinajstić information content (AvgIpc) is 3.07. The highest BCUT2D eigenvalue weighted by atomic mass is 32.1. The molecule has 0 aliphatic heterocycles. The quantitative estimate of drug-likeness (QED) is 0.448. The summed E-state index contributed by atoms with van der Waals surface area (Å²) in [5.74, 6) is 2.01. The van der Waals surface area contributed by atoms with E-state index in [2.05, 4.69) is 48.2 Å². The molecule has 1 aromatic heterocycles. The zero-order valence-corrected chi connectivity index (χ0v) is 18.2. The maximum atomic E-state index is 5.56. The lowest BCUT2D eigenvalue weighted by molar-refractivity contribution is 0.311. The molecule has 6 nitrogen and oxygen atoms in total. The Morgan fingerprint density at radius 3 is 2.48 bits per heavy atom. The fourth-order valence-electron chi connectivity index (χ4n) is 2.87. The van der Waals surface area contributed by atoms with Crippen LogP contribution in [0, 0.1) is 4.77 Å². The van der Waals surface area contributed by atoms with E-state index in [9.17, 15) is 0 Å². The molecule has 0 amide bonds. The first-order valence-corrected chi connectivity index (χ1v) is 9.88. The number of methoxy groups -OCH3 is 1. The molecular weight excluding hydrogens is 384 g/mol. The van der Waals surface area contributed by atoms with Crippen LogP contribution in [0.15, 0.2) is 47.6 Å². The van der Waals surface area contributed by atoms with Crippen molar-refractivity contribution in [2.24, 2.45) is 5.10 Å². The third kappa shape index (κ3) is 4.74. The van der Waals surface area contributed by atoms with E-state index in [0.29, 0.717) is 28.7 Å². The molecule has 7 heteroatoms. The van der Waals surface area contributed by atoms with Crippen LogP contribution in [0.1, 0.15) is 38.8 Å². The van der Waals surface area contributed by atoms with Gasteiger partial charge in [-0.15, -0.1) is 0 Å². The van der Waals surface area contributed by atoms with Crippen LogP contribution in [0.4, 0.5) is 0 Å². The minimum atomic E-state index is 0.0914. The van der Waals surface area contributed by atoms with Crippen LogP contribution in [-0.2, 0) is 5.41 Å². The van der Waals surface area contributed by atoms with Gasteiger partial charge in [-0.3, -0.25) is 0 Å². The maximum absolute atomic E-state index is 5.56. The number of aromatic nitrogens is 3.